The molecule has 3 heterocycles. The van der Waals surface area contributed by atoms with Gasteiger partial charge in [-0.3, -0.25) is 4.98 Å². The number of aromatic nitrogens is 2. The molecule has 5 rings (SSSR count). The number of rotatable bonds is 2. The van der Waals surface area contributed by atoms with Crippen molar-refractivity contribution in [2.75, 3.05) is 0 Å². The third kappa shape index (κ3) is 2.98. The molecule has 0 spiro atoms. The van der Waals surface area contributed by atoms with Crippen LogP contribution in [0, 0.1) is 34.6 Å². The second-order valence-corrected chi connectivity index (χ2v) is 8.33. The molecule has 0 aliphatic carbocycles. The molecule has 0 N–H and O–H groups in total. The summed E-state index contributed by atoms with van der Waals surface area (Å²) in [4.78, 5) is 9.52. The van der Waals surface area contributed by atoms with Crippen LogP contribution in [0.5, 0.6) is 0 Å². The fourth-order valence-electron chi connectivity index (χ4n) is 4.50. The molecule has 30 heavy (non-hydrogen) atoms. The SMILES string of the molecule is Cc1ccnc(-c2cc(C)cc3c2oc2nc(-c4c(C)cc(C)cc4C)ccc23)c1. The molecule has 0 amide bonds. The molecule has 0 atom stereocenters. The van der Waals surface area contributed by atoms with Crippen molar-refractivity contribution in [3.8, 4) is 22.5 Å². The molecule has 0 saturated carbocycles. The number of benzene rings is 2. The minimum absolute atomic E-state index is 0.668. The van der Waals surface area contributed by atoms with Crippen LogP contribution >= 0.6 is 0 Å². The molecule has 3 heteroatoms. The fraction of sp³-hybridized carbons (Fsp3) is 0.185. The predicted octanol–water partition coefficient (Wildman–Crippen LogP) is 7.25. The standard InChI is InChI=1S/C27H24N2O/c1-15-8-9-28-24(14-15)22-13-17(3)12-21-20-6-7-23(29-27(20)30-26(21)22)25-18(4)10-16(2)11-19(25)5/h6-14H,1-5H3. The van der Waals surface area contributed by atoms with Crippen molar-refractivity contribution < 1.29 is 4.42 Å². The number of nitrogens with zero attached hydrogens (tertiary/aromatic N) is 2. The van der Waals surface area contributed by atoms with Gasteiger partial charge in [0.05, 0.1) is 11.4 Å². The third-order valence-corrected chi connectivity index (χ3v) is 5.71. The molecule has 0 aliphatic rings. The largest absolute Gasteiger partial charge is 0.437 e. The van der Waals surface area contributed by atoms with Gasteiger partial charge in [-0.1, -0.05) is 17.7 Å². The van der Waals surface area contributed by atoms with Gasteiger partial charge < -0.3 is 4.42 Å². The number of fused-ring (bicyclic) bond motifs is 3. The van der Waals surface area contributed by atoms with Gasteiger partial charge in [-0.15, -0.1) is 0 Å². The number of hydrogen-bond donors (Lipinski definition) is 0. The summed E-state index contributed by atoms with van der Waals surface area (Å²) in [6.07, 6.45) is 1.85. The Labute approximate surface area is 176 Å². The van der Waals surface area contributed by atoms with E-state index < -0.39 is 0 Å². The highest BCUT2D eigenvalue weighted by Crippen LogP contribution is 2.37. The average molecular weight is 393 g/mol. The van der Waals surface area contributed by atoms with Crippen molar-refractivity contribution in [1.29, 1.82) is 0 Å². The lowest BCUT2D eigenvalue weighted by molar-refractivity contribution is 0.655. The lowest BCUT2D eigenvalue weighted by Gasteiger charge is -2.10. The Balaban J connectivity index is 1.77. The second-order valence-electron chi connectivity index (χ2n) is 8.33. The van der Waals surface area contributed by atoms with Crippen LogP contribution in [0.15, 0.2) is 59.1 Å². The van der Waals surface area contributed by atoms with Crippen LogP contribution in [0.4, 0.5) is 0 Å². The fourth-order valence-corrected chi connectivity index (χ4v) is 4.50. The molecule has 0 fully saturated rings. The molecular formula is C27H24N2O. The number of pyridine rings is 2. The van der Waals surface area contributed by atoms with Gasteiger partial charge in [0, 0.05) is 28.1 Å². The smallest absolute Gasteiger partial charge is 0.227 e. The molecule has 0 bridgehead atoms. The maximum atomic E-state index is 6.35. The van der Waals surface area contributed by atoms with Crippen molar-refractivity contribution in [2.24, 2.45) is 0 Å². The van der Waals surface area contributed by atoms with Crippen molar-refractivity contribution in [3.05, 3.63) is 82.5 Å². The van der Waals surface area contributed by atoms with E-state index in [1.165, 1.54) is 33.4 Å². The Kier molecular flexibility index (Phi) is 4.21. The third-order valence-electron chi connectivity index (χ3n) is 5.71. The summed E-state index contributed by atoms with van der Waals surface area (Å²) >= 11 is 0. The van der Waals surface area contributed by atoms with Crippen LogP contribution in [0.2, 0.25) is 0 Å². The van der Waals surface area contributed by atoms with E-state index in [1.54, 1.807) is 0 Å². The molecular weight excluding hydrogens is 368 g/mol. The zero-order chi connectivity index (χ0) is 21.0. The van der Waals surface area contributed by atoms with Crippen LogP contribution in [-0.2, 0) is 0 Å². The van der Waals surface area contributed by atoms with Crippen molar-refractivity contribution >= 4 is 22.1 Å². The highest BCUT2D eigenvalue weighted by Gasteiger charge is 2.17. The van der Waals surface area contributed by atoms with Crippen LogP contribution in [0.1, 0.15) is 27.8 Å². The summed E-state index contributed by atoms with van der Waals surface area (Å²) in [6.45, 7) is 10.6. The first kappa shape index (κ1) is 18.6. The monoisotopic (exact) mass is 392 g/mol. The zero-order valence-electron chi connectivity index (χ0n) is 18.0. The maximum absolute atomic E-state index is 6.35. The van der Waals surface area contributed by atoms with Crippen molar-refractivity contribution in [3.63, 3.8) is 0 Å². The van der Waals surface area contributed by atoms with Crippen molar-refractivity contribution in [2.45, 2.75) is 34.6 Å². The van der Waals surface area contributed by atoms with Gasteiger partial charge >= 0.3 is 0 Å². The van der Waals surface area contributed by atoms with E-state index in [2.05, 4.69) is 82.1 Å². The Bertz CT molecular complexity index is 1420. The summed E-state index contributed by atoms with van der Waals surface area (Å²) in [7, 11) is 0. The molecule has 2 aromatic carbocycles. The topological polar surface area (TPSA) is 38.9 Å². The van der Waals surface area contributed by atoms with Crippen LogP contribution in [0.25, 0.3) is 44.6 Å². The van der Waals surface area contributed by atoms with Gasteiger partial charge in [0.25, 0.3) is 0 Å². The van der Waals surface area contributed by atoms with E-state index >= 15 is 0 Å². The lowest BCUT2D eigenvalue weighted by Crippen LogP contribution is -1.92. The minimum atomic E-state index is 0.668. The van der Waals surface area contributed by atoms with Crippen molar-refractivity contribution in [1.82, 2.24) is 9.97 Å². The minimum Gasteiger partial charge on any atom is -0.437 e. The summed E-state index contributed by atoms with van der Waals surface area (Å²) in [5, 5.41) is 2.12. The molecule has 0 aliphatic heterocycles. The average Bonchev–Trinajstić information content (AvgIpc) is 3.04. The van der Waals surface area contributed by atoms with Crippen LogP contribution in [0.3, 0.4) is 0 Å². The van der Waals surface area contributed by atoms with Crippen LogP contribution in [-0.4, -0.2) is 9.97 Å². The maximum Gasteiger partial charge on any atom is 0.227 e. The Morgan fingerprint density at radius 2 is 1.40 bits per heavy atom. The van der Waals surface area contributed by atoms with Gasteiger partial charge in [0.2, 0.25) is 5.71 Å². The molecule has 3 nitrogen and oxygen atoms in total. The highest BCUT2D eigenvalue weighted by atomic mass is 16.3. The summed E-state index contributed by atoms with van der Waals surface area (Å²) in [5.74, 6) is 0. The molecule has 0 saturated heterocycles. The Morgan fingerprint density at radius 1 is 0.667 bits per heavy atom. The highest BCUT2D eigenvalue weighted by molar-refractivity contribution is 6.09. The molecule has 3 aromatic heterocycles. The lowest BCUT2D eigenvalue weighted by atomic mass is 9.96. The Morgan fingerprint density at radius 3 is 2.13 bits per heavy atom. The second kappa shape index (κ2) is 6.81. The quantitative estimate of drug-likeness (QED) is 0.317. The van der Waals surface area contributed by atoms with Gasteiger partial charge in [0.15, 0.2) is 0 Å². The first-order chi connectivity index (χ1) is 14.4. The van der Waals surface area contributed by atoms with E-state index in [9.17, 15) is 0 Å². The van der Waals surface area contributed by atoms with E-state index in [0.717, 1.165) is 33.3 Å². The summed E-state index contributed by atoms with van der Waals surface area (Å²) in [6, 6.07) is 17.1. The molecule has 0 unspecified atom stereocenters. The normalized spacial score (nSPS) is 11.5. The predicted molar refractivity (Wildman–Crippen MR) is 124 cm³/mol. The first-order valence-electron chi connectivity index (χ1n) is 10.3. The van der Waals surface area contributed by atoms with Gasteiger partial charge in [0.1, 0.15) is 5.58 Å². The number of aryl methyl sites for hydroxylation is 5. The summed E-state index contributed by atoms with van der Waals surface area (Å²) in [5.41, 5.74) is 11.7. The first-order valence-corrected chi connectivity index (χ1v) is 10.3. The van der Waals surface area contributed by atoms with Gasteiger partial charge in [-0.05, 0) is 93.3 Å². The zero-order valence-corrected chi connectivity index (χ0v) is 18.0. The number of furan rings is 1. The van der Waals surface area contributed by atoms with E-state index in [-0.39, 0.29) is 0 Å². The van der Waals surface area contributed by atoms with Gasteiger partial charge in [-0.2, -0.15) is 0 Å². The van der Waals surface area contributed by atoms with Gasteiger partial charge in [-0.25, -0.2) is 4.98 Å². The molecule has 0 radical (unpaired) electrons. The molecule has 148 valence electrons. The van der Waals surface area contributed by atoms with E-state index in [0.29, 0.717) is 5.71 Å². The van der Waals surface area contributed by atoms with E-state index in [1.807, 2.05) is 12.3 Å². The van der Waals surface area contributed by atoms with Crippen LogP contribution < -0.4 is 0 Å². The number of hydrogen-bond acceptors (Lipinski definition) is 3. The van der Waals surface area contributed by atoms with E-state index in [4.69, 9.17) is 9.40 Å². The summed E-state index contributed by atoms with van der Waals surface area (Å²) < 4.78 is 6.35. The molecule has 5 aromatic rings. The Hall–Kier alpha value is -3.46.